The van der Waals surface area contributed by atoms with E-state index in [1.54, 1.807) is 24.3 Å². The maximum atomic E-state index is 14.1. The van der Waals surface area contributed by atoms with Crippen molar-refractivity contribution >= 4 is 75.5 Å². The first-order valence-corrected chi connectivity index (χ1v) is 21.7. The van der Waals surface area contributed by atoms with Crippen LogP contribution in [0.1, 0.15) is 31.9 Å². The van der Waals surface area contributed by atoms with Crippen LogP contribution in [0, 0.1) is 6.92 Å². The molecule has 0 fully saturated rings. The Labute approximate surface area is 329 Å². The third-order valence-electron chi connectivity index (χ3n) is 10.3. The zero-order chi connectivity index (χ0) is 39.6. The molecule has 7 aromatic rings. The first-order chi connectivity index (χ1) is 27.0. The quantitative estimate of drug-likeness (QED) is 0.109. The summed E-state index contributed by atoms with van der Waals surface area (Å²) in [6.45, 7) is 13.4. The van der Waals surface area contributed by atoms with Crippen molar-refractivity contribution in [1.82, 2.24) is 4.57 Å². The minimum absolute atomic E-state index is 0.255. The summed E-state index contributed by atoms with van der Waals surface area (Å²) in [5.41, 5.74) is 4.79. The van der Waals surface area contributed by atoms with E-state index in [0.717, 1.165) is 43.7 Å². The predicted molar refractivity (Wildman–Crippen MR) is 234 cm³/mol. The molecule has 0 aliphatic rings. The Morgan fingerprint density at radius 3 is 1.71 bits per heavy atom. The standard InChI is InChI=1S/C47H45N3O4S2/c1-6-48-42(39-26-19-28-41-45(33-31-43(48)47(39)41)56(53,54)50(8-3)37-23-15-11-16-24-37)29-17-9-12-20-34(4)38-25-18-27-40-44(32-30-35(5)46(38)40)55(51,52)49(7-2)36-21-13-10-14-22-36/h9-33H,4,6-8H2,1-3,5H3/b17-9+,20-12+,42-29-. The average molecular weight is 780 g/mol. The number of hydrogen-bond donors (Lipinski definition) is 0. The minimum Gasteiger partial charge on any atom is -0.341 e. The van der Waals surface area contributed by atoms with Crippen LogP contribution in [-0.4, -0.2) is 34.5 Å². The highest BCUT2D eigenvalue weighted by Crippen LogP contribution is 2.36. The lowest BCUT2D eigenvalue weighted by atomic mass is 9.95. The molecule has 0 atom stereocenters. The van der Waals surface area contributed by atoms with Crippen LogP contribution in [0.25, 0.3) is 44.1 Å². The molecule has 0 unspecified atom stereocenters. The van der Waals surface area contributed by atoms with Gasteiger partial charge >= 0.3 is 0 Å². The Balaban J connectivity index is 1.22. The van der Waals surface area contributed by atoms with E-state index in [1.807, 2.05) is 148 Å². The highest BCUT2D eigenvalue weighted by atomic mass is 32.2. The molecule has 0 aliphatic heterocycles. The molecule has 0 N–H and O–H groups in total. The largest absolute Gasteiger partial charge is 0.341 e. The second-order valence-corrected chi connectivity index (χ2v) is 17.2. The summed E-state index contributed by atoms with van der Waals surface area (Å²) in [5.74, 6) is 0. The van der Waals surface area contributed by atoms with Crippen molar-refractivity contribution in [3.05, 3.63) is 169 Å². The Hall–Kier alpha value is -5.90. The van der Waals surface area contributed by atoms with Crippen molar-refractivity contribution in [2.24, 2.45) is 0 Å². The normalized spacial score (nSPS) is 12.8. The first-order valence-electron chi connectivity index (χ1n) is 18.8. The number of rotatable bonds is 13. The van der Waals surface area contributed by atoms with E-state index in [-0.39, 0.29) is 9.79 Å². The topological polar surface area (TPSA) is 79.7 Å². The van der Waals surface area contributed by atoms with Crippen LogP contribution in [0.4, 0.5) is 11.4 Å². The maximum absolute atomic E-state index is 14.1. The second kappa shape index (κ2) is 15.7. The van der Waals surface area contributed by atoms with Crippen molar-refractivity contribution in [2.75, 3.05) is 21.7 Å². The summed E-state index contributed by atoms with van der Waals surface area (Å²) in [6.07, 6.45) is 9.82. The summed E-state index contributed by atoms with van der Waals surface area (Å²) in [6, 6.07) is 37.1. The Kier molecular flexibility index (Phi) is 10.7. The lowest BCUT2D eigenvalue weighted by Crippen LogP contribution is -2.30. The number of aromatic nitrogens is 1. The highest BCUT2D eigenvalue weighted by Gasteiger charge is 2.28. The van der Waals surface area contributed by atoms with E-state index in [2.05, 4.69) is 18.1 Å². The van der Waals surface area contributed by atoms with Crippen LogP contribution in [0.15, 0.2) is 162 Å². The molecule has 0 radical (unpaired) electrons. The molecule has 1 heterocycles. The van der Waals surface area contributed by atoms with Crippen LogP contribution in [-0.2, 0) is 26.6 Å². The number of allylic oxidation sites excluding steroid dienone is 5. The summed E-state index contributed by atoms with van der Waals surface area (Å²) < 4.78 is 61.6. The van der Waals surface area contributed by atoms with Gasteiger partial charge in [-0.25, -0.2) is 16.8 Å². The van der Waals surface area contributed by atoms with E-state index >= 15 is 0 Å². The van der Waals surface area contributed by atoms with Crippen molar-refractivity contribution in [1.29, 1.82) is 0 Å². The number of anilines is 2. The van der Waals surface area contributed by atoms with E-state index in [0.29, 0.717) is 41.8 Å². The number of para-hydroxylation sites is 2. The van der Waals surface area contributed by atoms with Gasteiger partial charge < -0.3 is 4.57 Å². The van der Waals surface area contributed by atoms with Crippen LogP contribution in [0.5, 0.6) is 0 Å². The zero-order valence-corrected chi connectivity index (χ0v) is 33.7. The molecular formula is C47H45N3O4S2. The summed E-state index contributed by atoms with van der Waals surface area (Å²) in [7, 11) is -7.70. The Morgan fingerprint density at radius 2 is 1.14 bits per heavy atom. The van der Waals surface area contributed by atoms with Gasteiger partial charge in [-0.1, -0.05) is 110 Å². The summed E-state index contributed by atoms with van der Waals surface area (Å²) in [4.78, 5) is 0.538. The van der Waals surface area contributed by atoms with E-state index in [4.69, 9.17) is 0 Å². The number of nitrogens with zero attached hydrogens (tertiary/aromatic N) is 3. The fourth-order valence-electron chi connectivity index (χ4n) is 7.75. The number of hydrogen-bond acceptors (Lipinski definition) is 4. The molecule has 1 aromatic heterocycles. The zero-order valence-electron chi connectivity index (χ0n) is 32.1. The lowest BCUT2D eigenvalue weighted by Gasteiger charge is -2.24. The number of sulfonamides is 2. The third kappa shape index (κ3) is 6.71. The fraction of sp³-hybridized carbons (Fsp3) is 0.149. The van der Waals surface area contributed by atoms with Crippen LogP contribution >= 0.6 is 0 Å². The van der Waals surface area contributed by atoms with Gasteiger partial charge in [-0.05, 0) is 98.3 Å². The first kappa shape index (κ1) is 38.4. The Morgan fingerprint density at radius 1 is 0.607 bits per heavy atom. The van der Waals surface area contributed by atoms with E-state index in [9.17, 15) is 16.8 Å². The number of aryl methyl sites for hydroxylation is 2. The highest BCUT2D eigenvalue weighted by molar-refractivity contribution is 7.93. The number of fused-ring (bicyclic) bond motifs is 1. The van der Waals surface area contributed by atoms with Gasteiger partial charge in [0, 0.05) is 52.0 Å². The maximum Gasteiger partial charge on any atom is 0.264 e. The minimum atomic E-state index is -3.86. The molecule has 284 valence electrons. The van der Waals surface area contributed by atoms with Gasteiger partial charge in [-0.2, -0.15) is 0 Å². The fourth-order valence-corrected chi connectivity index (χ4v) is 11.1. The van der Waals surface area contributed by atoms with Gasteiger partial charge in [0.15, 0.2) is 0 Å². The number of benzene rings is 6. The molecule has 0 saturated carbocycles. The van der Waals surface area contributed by atoms with Gasteiger partial charge in [0.1, 0.15) is 0 Å². The smallest absolute Gasteiger partial charge is 0.264 e. The average Bonchev–Trinajstić information content (AvgIpc) is 3.52. The second-order valence-electron chi connectivity index (χ2n) is 13.5. The molecule has 6 aromatic carbocycles. The molecule has 7 rings (SSSR count). The van der Waals surface area contributed by atoms with E-state index < -0.39 is 20.0 Å². The van der Waals surface area contributed by atoms with Crippen molar-refractivity contribution in [2.45, 2.75) is 44.0 Å². The molecule has 0 spiro atoms. The lowest BCUT2D eigenvalue weighted by molar-refractivity contribution is 0.591. The van der Waals surface area contributed by atoms with Gasteiger partial charge in [0.05, 0.1) is 21.2 Å². The monoisotopic (exact) mass is 779 g/mol. The third-order valence-corrected chi connectivity index (χ3v) is 14.2. The molecule has 9 heteroatoms. The van der Waals surface area contributed by atoms with Crippen LogP contribution < -0.4 is 14.0 Å². The van der Waals surface area contributed by atoms with Crippen molar-refractivity contribution in [3.8, 4) is 0 Å². The SMILES string of the molecule is C=C(/C=C/C=C/C=c1/c2cccc3c(S(=O)(=O)N(CC)c4ccccc4)ccc(c32)n1CC)c1cccc2c(S(=O)(=O)N(CC)c3ccccc3)ccc(C)c12. The van der Waals surface area contributed by atoms with Crippen LogP contribution in [0.3, 0.4) is 0 Å². The molecule has 0 aliphatic carbocycles. The van der Waals surface area contributed by atoms with Gasteiger partial charge in [-0.15, -0.1) is 0 Å². The van der Waals surface area contributed by atoms with Crippen molar-refractivity contribution < 1.29 is 16.8 Å². The summed E-state index contributed by atoms with van der Waals surface area (Å²) >= 11 is 0. The van der Waals surface area contributed by atoms with Gasteiger partial charge in [-0.3, -0.25) is 8.61 Å². The molecule has 56 heavy (non-hydrogen) atoms. The van der Waals surface area contributed by atoms with Gasteiger partial charge in [0.25, 0.3) is 20.0 Å². The molecule has 0 amide bonds. The molecule has 0 bridgehead atoms. The summed E-state index contributed by atoms with van der Waals surface area (Å²) in [5, 5.41) is 5.07. The molecule has 0 saturated heterocycles. The van der Waals surface area contributed by atoms with Crippen molar-refractivity contribution in [3.63, 3.8) is 0 Å². The van der Waals surface area contributed by atoms with Gasteiger partial charge in [0.2, 0.25) is 0 Å². The van der Waals surface area contributed by atoms with Crippen LogP contribution in [0.2, 0.25) is 0 Å². The predicted octanol–water partition coefficient (Wildman–Crippen LogP) is 10.0. The molecular weight excluding hydrogens is 735 g/mol. The van der Waals surface area contributed by atoms with E-state index in [1.165, 1.54) is 8.61 Å². The molecule has 7 nitrogen and oxygen atoms in total. The Bertz CT molecular complexity index is 2930.